The summed E-state index contributed by atoms with van der Waals surface area (Å²) < 4.78 is 23.9. The lowest BCUT2D eigenvalue weighted by Gasteiger charge is -2.17. The van der Waals surface area contributed by atoms with E-state index in [9.17, 15) is 8.96 Å². The first-order valence-corrected chi connectivity index (χ1v) is 12.9. The van der Waals surface area contributed by atoms with Gasteiger partial charge in [-0.15, -0.1) is 8.96 Å². The third-order valence-electron chi connectivity index (χ3n) is 5.55. The van der Waals surface area contributed by atoms with Gasteiger partial charge in [0, 0.05) is 24.7 Å². The Bertz CT molecular complexity index is 778. The minimum atomic E-state index is -0.0162. The van der Waals surface area contributed by atoms with Crippen LogP contribution in [-0.2, 0) is 0 Å². The Morgan fingerprint density at radius 3 is 1.68 bits per heavy atom. The highest BCUT2D eigenvalue weighted by atomic mass is 35.5. The lowest BCUT2D eigenvalue weighted by atomic mass is 10.0. The Kier molecular flexibility index (Phi) is 16.7. The Balaban J connectivity index is 0.000000342. The number of hydrogen-bond donors (Lipinski definition) is 4. The van der Waals surface area contributed by atoms with Gasteiger partial charge in [-0.05, 0) is 76.6 Å². The van der Waals surface area contributed by atoms with Gasteiger partial charge in [-0.1, -0.05) is 60.8 Å². The standard InChI is InChI=1S/C14H22ClFN2.C12H18ClFN2/c1-3-12(18-16)8-6-7-11(2)17-14-10-5-4-9-13(14)15;1-10(6-4-5-9-15-14)16-12-8-3-2-7-11(12)13/h4-5,9-12,17-18H,3,6-8H2,1-2H3;2-3,7-8,10,15-16H,4-6,9H2,1H3. The third kappa shape index (κ3) is 13.3. The topological polar surface area (TPSA) is 48.1 Å². The number of nitrogens with one attached hydrogen (secondary N) is 4. The van der Waals surface area contributed by atoms with Gasteiger partial charge in [0.15, 0.2) is 0 Å². The molecule has 0 saturated carbocycles. The molecule has 2 aromatic rings. The predicted molar refractivity (Wildman–Crippen MR) is 144 cm³/mol. The van der Waals surface area contributed by atoms with Crippen LogP contribution < -0.4 is 21.7 Å². The van der Waals surface area contributed by atoms with Crippen LogP contribution in [0.25, 0.3) is 0 Å². The van der Waals surface area contributed by atoms with E-state index in [1.165, 1.54) is 0 Å². The highest BCUT2D eigenvalue weighted by Gasteiger charge is 2.08. The van der Waals surface area contributed by atoms with Crippen molar-refractivity contribution >= 4 is 34.6 Å². The van der Waals surface area contributed by atoms with E-state index in [-0.39, 0.29) is 6.04 Å². The number of rotatable bonds is 15. The van der Waals surface area contributed by atoms with Crippen LogP contribution in [-0.4, -0.2) is 24.7 Å². The molecule has 2 aromatic carbocycles. The van der Waals surface area contributed by atoms with Gasteiger partial charge in [-0.25, -0.2) is 0 Å². The third-order valence-corrected chi connectivity index (χ3v) is 6.21. The summed E-state index contributed by atoms with van der Waals surface area (Å²) in [4.78, 5) is 0. The molecule has 34 heavy (non-hydrogen) atoms. The zero-order chi connectivity index (χ0) is 25.2. The van der Waals surface area contributed by atoms with Gasteiger partial charge in [-0.2, -0.15) is 11.1 Å². The van der Waals surface area contributed by atoms with E-state index in [2.05, 4.69) is 24.5 Å². The first-order chi connectivity index (χ1) is 16.4. The molecule has 4 nitrogen and oxygen atoms in total. The van der Waals surface area contributed by atoms with Crippen molar-refractivity contribution < 1.29 is 8.96 Å². The number of anilines is 2. The van der Waals surface area contributed by atoms with Crippen LogP contribution >= 0.6 is 23.2 Å². The largest absolute Gasteiger partial charge is 0.381 e. The molecule has 0 aliphatic heterocycles. The molecule has 2 rings (SSSR count). The van der Waals surface area contributed by atoms with E-state index < -0.39 is 0 Å². The molecule has 0 radical (unpaired) electrons. The van der Waals surface area contributed by atoms with Crippen LogP contribution in [0.4, 0.5) is 20.3 Å². The molecular formula is C26H40Cl2F2N4. The van der Waals surface area contributed by atoms with Crippen molar-refractivity contribution in [3.05, 3.63) is 58.6 Å². The number of hydrogen-bond acceptors (Lipinski definition) is 4. The molecule has 4 N–H and O–H groups in total. The summed E-state index contributed by atoms with van der Waals surface area (Å²) in [5.41, 5.74) is 5.42. The lowest BCUT2D eigenvalue weighted by Crippen LogP contribution is -2.22. The van der Waals surface area contributed by atoms with Gasteiger partial charge < -0.3 is 10.6 Å². The van der Waals surface area contributed by atoms with Crippen molar-refractivity contribution in [3.63, 3.8) is 0 Å². The fourth-order valence-electron chi connectivity index (χ4n) is 3.48. The minimum Gasteiger partial charge on any atom is -0.381 e. The van der Waals surface area contributed by atoms with Crippen LogP contribution in [0.5, 0.6) is 0 Å². The Hall–Kier alpha value is -1.60. The van der Waals surface area contributed by atoms with Crippen molar-refractivity contribution in [2.45, 2.75) is 83.8 Å². The second-order valence-corrected chi connectivity index (χ2v) is 9.39. The van der Waals surface area contributed by atoms with E-state index in [1.807, 2.05) is 61.0 Å². The number of benzene rings is 2. The lowest BCUT2D eigenvalue weighted by molar-refractivity contribution is 0.251. The Morgan fingerprint density at radius 1 is 0.735 bits per heavy atom. The van der Waals surface area contributed by atoms with E-state index >= 15 is 0 Å². The van der Waals surface area contributed by atoms with E-state index in [0.717, 1.165) is 66.4 Å². The number of unbranched alkanes of at least 4 members (excludes halogenated alkanes) is 1. The maximum absolute atomic E-state index is 12.3. The number of para-hydroxylation sites is 2. The Morgan fingerprint density at radius 2 is 1.24 bits per heavy atom. The molecule has 192 valence electrons. The molecule has 3 atom stereocenters. The molecule has 0 spiro atoms. The van der Waals surface area contributed by atoms with Gasteiger partial charge in [0.05, 0.1) is 21.4 Å². The predicted octanol–water partition coefficient (Wildman–Crippen LogP) is 8.35. The fourth-order valence-corrected chi connectivity index (χ4v) is 3.86. The first-order valence-electron chi connectivity index (χ1n) is 12.1. The van der Waals surface area contributed by atoms with Crippen LogP contribution in [0.3, 0.4) is 0 Å². The van der Waals surface area contributed by atoms with E-state index in [4.69, 9.17) is 23.2 Å². The summed E-state index contributed by atoms with van der Waals surface area (Å²) in [5, 5.41) is 8.19. The first kappa shape index (κ1) is 30.4. The molecule has 3 unspecified atom stereocenters. The monoisotopic (exact) mass is 516 g/mol. The summed E-state index contributed by atoms with van der Waals surface area (Å²) in [6, 6.07) is 16.1. The van der Waals surface area contributed by atoms with Crippen LogP contribution in [0.1, 0.15) is 65.7 Å². The summed E-state index contributed by atoms with van der Waals surface area (Å²) >= 11 is 12.1. The summed E-state index contributed by atoms with van der Waals surface area (Å²) in [6.45, 7) is 6.64. The summed E-state index contributed by atoms with van der Waals surface area (Å²) in [7, 11) is 0. The fraction of sp³-hybridized carbons (Fsp3) is 0.538. The zero-order valence-electron chi connectivity index (χ0n) is 20.5. The summed E-state index contributed by atoms with van der Waals surface area (Å²) in [5.74, 6) is 0. The second kappa shape index (κ2) is 18.7. The van der Waals surface area contributed by atoms with E-state index in [0.29, 0.717) is 18.6 Å². The molecule has 8 heteroatoms. The maximum atomic E-state index is 12.3. The highest BCUT2D eigenvalue weighted by Crippen LogP contribution is 2.23. The van der Waals surface area contributed by atoms with Gasteiger partial charge in [0.2, 0.25) is 0 Å². The van der Waals surface area contributed by atoms with Gasteiger partial charge in [0.1, 0.15) is 0 Å². The van der Waals surface area contributed by atoms with Gasteiger partial charge >= 0.3 is 0 Å². The highest BCUT2D eigenvalue weighted by molar-refractivity contribution is 6.33. The van der Waals surface area contributed by atoms with Gasteiger partial charge in [-0.3, -0.25) is 0 Å². The smallest absolute Gasteiger partial charge is 0.0637 e. The average Bonchev–Trinajstić information content (AvgIpc) is 2.83. The molecule has 0 aliphatic carbocycles. The molecule has 0 aliphatic rings. The molecular weight excluding hydrogens is 477 g/mol. The van der Waals surface area contributed by atoms with Crippen molar-refractivity contribution in [2.75, 3.05) is 17.2 Å². The second-order valence-electron chi connectivity index (χ2n) is 8.58. The molecule has 0 amide bonds. The van der Waals surface area contributed by atoms with Crippen molar-refractivity contribution in [1.82, 2.24) is 11.1 Å². The zero-order valence-corrected chi connectivity index (χ0v) is 22.0. The number of halogens is 4. The van der Waals surface area contributed by atoms with Crippen molar-refractivity contribution in [3.8, 4) is 0 Å². The SMILES string of the molecule is CC(CCCCNF)Nc1ccccc1Cl.CCC(CCCC(C)Nc1ccccc1Cl)NF. The average molecular weight is 518 g/mol. The maximum Gasteiger partial charge on any atom is 0.0637 e. The molecule has 0 aromatic heterocycles. The molecule has 0 fully saturated rings. The van der Waals surface area contributed by atoms with Crippen molar-refractivity contribution in [1.29, 1.82) is 0 Å². The molecule has 0 heterocycles. The van der Waals surface area contributed by atoms with Crippen LogP contribution in [0.15, 0.2) is 48.5 Å². The molecule has 0 saturated heterocycles. The normalized spacial score (nSPS) is 13.4. The van der Waals surface area contributed by atoms with Crippen LogP contribution in [0, 0.1) is 0 Å². The minimum absolute atomic E-state index is 0.0162. The molecule has 0 bridgehead atoms. The van der Waals surface area contributed by atoms with E-state index in [1.54, 1.807) is 5.54 Å². The summed E-state index contributed by atoms with van der Waals surface area (Å²) in [6.07, 6.45) is 6.54. The Labute approximate surface area is 214 Å². The quantitative estimate of drug-likeness (QED) is 0.142. The van der Waals surface area contributed by atoms with Crippen LogP contribution in [0.2, 0.25) is 10.0 Å². The van der Waals surface area contributed by atoms with Crippen molar-refractivity contribution in [2.24, 2.45) is 0 Å². The van der Waals surface area contributed by atoms with Gasteiger partial charge in [0.25, 0.3) is 0 Å².